The van der Waals surface area contributed by atoms with Crippen LogP contribution >= 0.6 is 0 Å². The Morgan fingerprint density at radius 2 is 1.38 bits per heavy atom. The lowest BCUT2D eigenvalue weighted by Crippen LogP contribution is -2.54. The molecule has 1 N–H and O–H groups in total. The molecule has 4 aromatic carbocycles. The van der Waals surface area contributed by atoms with Gasteiger partial charge in [-0.25, -0.2) is 8.42 Å². The number of rotatable bonds is 12. The zero-order valence-corrected chi connectivity index (χ0v) is 27.8. The van der Waals surface area contributed by atoms with E-state index in [0.717, 1.165) is 33.4 Å². The summed E-state index contributed by atoms with van der Waals surface area (Å²) in [5, 5.41) is 3.00. The van der Waals surface area contributed by atoms with Gasteiger partial charge in [-0.05, 0) is 87.6 Å². The van der Waals surface area contributed by atoms with Crippen molar-refractivity contribution in [3.63, 3.8) is 0 Å². The number of hydrogen-bond donors (Lipinski definition) is 1. The Hall–Kier alpha value is -4.43. The van der Waals surface area contributed by atoms with Crippen molar-refractivity contribution in [1.29, 1.82) is 0 Å². The molecule has 4 aromatic rings. The highest BCUT2D eigenvalue weighted by Gasteiger charge is 2.35. The average molecular weight is 626 g/mol. The summed E-state index contributed by atoms with van der Waals surface area (Å²) < 4.78 is 29.8. The number of sulfonamides is 1. The Morgan fingerprint density at radius 1 is 0.756 bits per heavy atom. The molecule has 7 nitrogen and oxygen atoms in total. The zero-order valence-electron chi connectivity index (χ0n) is 26.9. The Morgan fingerprint density at radius 3 is 2.02 bits per heavy atom. The second-order valence-electron chi connectivity index (χ2n) is 11.9. The Balaban J connectivity index is 1.85. The quantitative estimate of drug-likeness (QED) is 0.201. The van der Waals surface area contributed by atoms with Crippen LogP contribution in [0.5, 0.6) is 0 Å². The van der Waals surface area contributed by atoms with Crippen molar-refractivity contribution in [1.82, 2.24) is 10.2 Å². The summed E-state index contributed by atoms with van der Waals surface area (Å²) in [6.45, 7) is 11.0. The maximum Gasteiger partial charge on any atom is 0.264 e. The highest BCUT2D eigenvalue weighted by Crippen LogP contribution is 2.29. The van der Waals surface area contributed by atoms with Crippen molar-refractivity contribution in [2.45, 2.75) is 71.5 Å². The third-order valence-corrected chi connectivity index (χ3v) is 9.81. The first kappa shape index (κ1) is 33.5. The number of nitrogens with zero attached hydrogens (tertiary/aromatic N) is 2. The van der Waals surface area contributed by atoms with Crippen molar-refractivity contribution in [2.75, 3.05) is 10.8 Å². The molecule has 45 heavy (non-hydrogen) atoms. The summed E-state index contributed by atoms with van der Waals surface area (Å²) in [7, 11) is -4.16. The zero-order chi connectivity index (χ0) is 32.7. The van der Waals surface area contributed by atoms with Crippen LogP contribution < -0.4 is 9.62 Å². The maximum atomic E-state index is 14.6. The number of aryl methyl sites for hydroxylation is 3. The first-order valence-corrected chi connectivity index (χ1v) is 16.7. The molecule has 0 radical (unpaired) electrons. The minimum atomic E-state index is -4.16. The first-order chi connectivity index (χ1) is 21.4. The van der Waals surface area contributed by atoms with Crippen LogP contribution in [0, 0.1) is 27.7 Å². The number of anilines is 1. The third kappa shape index (κ3) is 8.19. The minimum Gasteiger partial charge on any atom is -0.352 e. The van der Waals surface area contributed by atoms with Gasteiger partial charge >= 0.3 is 0 Å². The molecule has 0 aliphatic carbocycles. The summed E-state index contributed by atoms with van der Waals surface area (Å²) >= 11 is 0. The van der Waals surface area contributed by atoms with Gasteiger partial charge in [0.15, 0.2) is 0 Å². The van der Waals surface area contributed by atoms with E-state index in [9.17, 15) is 18.0 Å². The van der Waals surface area contributed by atoms with E-state index in [2.05, 4.69) is 5.32 Å². The fourth-order valence-corrected chi connectivity index (χ4v) is 6.73. The van der Waals surface area contributed by atoms with Gasteiger partial charge in [-0.3, -0.25) is 13.9 Å². The van der Waals surface area contributed by atoms with Crippen LogP contribution in [0.15, 0.2) is 102 Å². The van der Waals surface area contributed by atoms with E-state index in [-0.39, 0.29) is 29.8 Å². The number of nitrogens with one attached hydrogen (secondary N) is 1. The van der Waals surface area contributed by atoms with Crippen LogP contribution in [0.4, 0.5) is 5.69 Å². The van der Waals surface area contributed by atoms with Crippen LogP contribution in [-0.2, 0) is 32.6 Å². The molecular weight excluding hydrogens is 582 g/mol. The number of hydrogen-bond acceptors (Lipinski definition) is 4. The molecule has 0 saturated carbocycles. The van der Waals surface area contributed by atoms with Crippen LogP contribution in [-0.4, -0.2) is 43.8 Å². The number of benzene rings is 4. The normalized spacial score (nSPS) is 12.1. The van der Waals surface area contributed by atoms with Gasteiger partial charge in [-0.2, -0.15) is 0 Å². The van der Waals surface area contributed by atoms with E-state index in [1.807, 2.05) is 102 Å². The SMILES string of the molecule is Cc1ccc(S(=O)(=O)N(CC(=O)N(Cc2ccccc2C)C(Cc2ccccc2)C(=O)NC(C)C)c2cccc(C)c2C)cc1. The van der Waals surface area contributed by atoms with Crippen LogP contribution in [0.25, 0.3) is 0 Å². The molecule has 0 aliphatic heterocycles. The summed E-state index contributed by atoms with van der Waals surface area (Å²) in [5.41, 5.74) is 5.74. The molecule has 2 amide bonds. The molecule has 1 unspecified atom stereocenters. The van der Waals surface area contributed by atoms with Gasteiger partial charge in [-0.1, -0.05) is 84.4 Å². The van der Waals surface area contributed by atoms with Gasteiger partial charge in [0.05, 0.1) is 10.6 Å². The molecule has 0 aliphatic rings. The molecule has 0 heterocycles. The molecule has 1 atom stereocenters. The Labute approximate surface area is 268 Å². The summed E-state index contributed by atoms with van der Waals surface area (Å²) in [5.74, 6) is -0.773. The van der Waals surface area contributed by atoms with E-state index in [1.165, 1.54) is 9.21 Å². The Kier molecular flexibility index (Phi) is 10.8. The molecule has 0 aromatic heterocycles. The van der Waals surface area contributed by atoms with Gasteiger partial charge < -0.3 is 10.2 Å². The van der Waals surface area contributed by atoms with Gasteiger partial charge in [0.25, 0.3) is 10.0 Å². The van der Waals surface area contributed by atoms with Crippen molar-refractivity contribution in [3.8, 4) is 0 Å². The van der Waals surface area contributed by atoms with Crippen molar-refractivity contribution >= 4 is 27.5 Å². The largest absolute Gasteiger partial charge is 0.352 e. The van der Waals surface area contributed by atoms with Crippen molar-refractivity contribution in [2.24, 2.45) is 0 Å². The lowest BCUT2D eigenvalue weighted by molar-refractivity contribution is -0.140. The van der Waals surface area contributed by atoms with Crippen molar-refractivity contribution < 1.29 is 18.0 Å². The van der Waals surface area contributed by atoms with Crippen molar-refractivity contribution in [3.05, 3.63) is 130 Å². The van der Waals surface area contributed by atoms with E-state index >= 15 is 0 Å². The molecule has 0 bridgehead atoms. The number of carbonyl (C=O) groups excluding carboxylic acids is 2. The molecule has 0 saturated heterocycles. The second kappa shape index (κ2) is 14.6. The fraction of sp³-hybridized carbons (Fsp3) is 0.297. The predicted octanol–water partition coefficient (Wildman–Crippen LogP) is 6.28. The van der Waals surface area contributed by atoms with E-state index in [0.29, 0.717) is 5.69 Å². The van der Waals surface area contributed by atoms with Crippen LogP contribution in [0.1, 0.15) is 47.2 Å². The minimum absolute atomic E-state index is 0.0886. The van der Waals surface area contributed by atoms with Gasteiger partial charge in [-0.15, -0.1) is 0 Å². The van der Waals surface area contributed by atoms with Crippen LogP contribution in [0.3, 0.4) is 0 Å². The molecular formula is C37H43N3O4S. The smallest absolute Gasteiger partial charge is 0.264 e. The number of carbonyl (C=O) groups is 2. The molecule has 0 fully saturated rings. The molecule has 8 heteroatoms. The summed E-state index contributed by atoms with van der Waals surface area (Å²) in [4.78, 5) is 30.1. The molecule has 4 rings (SSSR count). The first-order valence-electron chi connectivity index (χ1n) is 15.2. The van der Waals surface area contributed by atoms with Gasteiger partial charge in [0, 0.05) is 19.0 Å². The maximum absolute atomic E-state index is 14.6. The highest BCUT2D eigenvalue weighted by atomic mass is 32.2. The van der Waals surface area contributed by atoms with E-state index < -0.39 is 28.5 Å². The standard InChI is InChI=1S/C37H43N3O4S/c1-26(2)38-37(42)35(23-31-15-8-7-9-16-31)39(24-32-17-11-10-13-29(32)5)36(41)25-40(34-18-12-14-28(4)30(34)6)45(43,44)33-21-19-27(3)20-22-33/h7-22,26,35H,23-25H2,1-6H3,(H,38,42). The molecule has 236 valence electrons. The fourth-order valence-electron chi connectivity index (χ4n) is 5.26. The lowest BCUT2D eigenvalue weighted by Gasteiger charge is -2.35. The third-order valence-electron chi connectivity index (χ3n) is 8.04. The predicted molar refractivity (Wildman–Crippen MR) is 181 cm³/mol. The topological polar surface area (TPSA) is 86.8 Å². The van der Waals surface area contributed by atoms with Crippen LogP contribution in [0.2, 0.25) is 0 Å². The summed E-state index contributed by atoms with van der Waals surface area (Å²) in [6, 6.07) is 28.3. The monoisotopic (exact) mass is 625 g/mol. The average Bonchev–Trinajstić information content (AvgIpc) is 3.00. The van der Waals surface area contributed by atoms with E-state index in [1.54, 1.807) is 36.4 Å². The second-order valence-corrected chi connectivity index (χ2v) is 13.7. The lowest BCUT2D eigenvalue weighted by atomic mass is 10.0. The van der Waals surface area contributed by atoms with Gasteiger partial charge in [0.2, 0.25) is 11.8 Å². The van der Waals surface area contributed by atoms with E-state index in [4.69, 9.17) is 0 Å². The Bertz CT molecular complexity index is 1740. The molecule has 0 spiro atoms. The summed E-state index contributed by atoms with van der Waals surface area (Å²) in [6.07, 6.45) is 0.269. The number of amides is 2. The highest BCUT2D eigenvalue weighted by molar-refractivity contribution is 7.92. The van der Waals surface area contributed by atoms with Gasteiger partial charge in [0.1, 0.15) is 12.6 Å².